The minimum Gasteiger partial charge on any atom is -0.497 e. The summed E-state index contributed by atoms with van der Waals surface area (Å²) < 4.78 is 32.7. The van der Waals surface area contributed by atoms with Gasteiger partial charge >= 0.3 is 0 Å². The van der Waals surface area contributed by atoms with E-state index < -0.39 is 31.6 Å². The molecule has 0 aliphatic heterocycles. The third-order valence-electron chi connectivity index (χ3n) is 4.00. The van der Waals surface area contributed by atoms with Crippen molar-refractivity contribution in [2.75, 3.05) is 12.4 Å². The van der Waals surface area contributed by atoms with Gasteiger partial charge in [-0.1, -0.05) is 19.1 Å². The van der Waals surface area contributed by atoms with Crippen molar-refractivity contribution in [1.29, 1.82) is 0 Å². The minimum atomic E-state index is -4.16. The fourth-order valence-corrected chi connectivity index (χ4v) is 3.85. The molecule has 0 heterocycles. The number of sulfonamides is 1. The maximum Gasteiger partial charge on any atom is 0.293 e. The number of anilines is 1. The lowest BCUT2D eigenvalue weighted by molar-refractivity contribution is -0.387. The van der Waals surface area contributed by atoms with Gasteiger partial charge < -0.3 is 10.1 Å². The first-order valence-electron chi connectivity index (χ1n) is 8.42. The molecule has 28 heavy (non-hydrogen) atoms. The Morgan fingerprint density at radius 1 is 1.21 bits per heavy atom. The molecule has 0 saturated heterocycles. The summed E-state index contributed by atoms with van der Waals surface area (Å²) in [5, 5.41) is 14.0. The van der Waals surface area contributed by atoms with E-state index in [2.05, 4.69) is 10.0 Å². The van der Waals surface area contributed by atoms with Gasteiger partial charge in [-0.15, -0.1) is 0 Å². The molecule has 0 saturated carbocycles. The summed E-state index contributed by atoms with van der Waals surface area (Å²) in [6.07, 6.45) is 0.346. The molecule has 0 aliphatic rings. The average molecular weight is 407 g/mol. The fourth-order valence-electron chi connectivity index (χ4n) is 2.46. The van der Waals surface area contributed by atoms with Crippen molar-refractivity contribution in [2.45, 2.75) is 31.2 Å². The number of rotatable bonds is 8. The highest BCUT2D eigenvalue weighted by Crippen LogP contribution is 2.29. The molecule has 0 aromatic heterocycles. The molecule has 0 radical (unpaired) electrons. The first kappa shape index (κ1) is 21.3. The first-order valence-corrected chi connectivity index (χ1v) is 9.90. The van der Waals surface area contributed by atoms with E-state index in [0.29, 0.717) is 17.7 Å². The number of ether oxygens (including phenoxy) is 1. The van der Waals surface area contributed by atoms with Crippen LogP contribution >= 0.6 is 0 Å². The molecule has 9 nitrogen and oxygen atoms in total. The zero-order valence-electron chi connectivity index (χ0n) is 15.6. The van der Waals surface area contributed by atoms with Crippen LogP contribution in [0.25, 0.3) is 0 Å². The number of hydrogen-bond donors (Lipinski definition) is 2. The van der Waals surface area contributed by atoms with E-state index in [9.17, 15) is 23.3 Å². The smallest absolute Gasteiger partial charge is 0.293 e. The van der Waals surface area contributed by atoms with Gasteiger partial charge in [0.2, 0.25) is 15.9 Å². The van der Waals surface area contributed by atoms with Gasteiger partial charge in [0, 0.05) is 18.2 Å². The Hall–Kier alpha value is -2.98. The van der Waals surface area contributed by atoms with E-state index in [1.54, 1.807) is 38.1 Å². The average Bonchev–Trinajstić information content (AvgIpc) is 2.67. The van der Waals surface area contributed by atoms with E-state index in [0.717, 1.165) is 12.1 Å². The third kappa shape index (κ3) is 5.05. The van der Waals surface area contributed by atoms with E-state index >= 15 is 0 Å². The second-order valence-corrected chi connectivity index (χ2v) is 7.64. The lowest BCUT2D eigenvalue weighted by atomic mass is 10.1. The van der Waals surface area contributed by atoms with Gasteiger partial charge in [0.25, 0.3) is 5.69 Å². The Kier molecular flexibility index (Phi) is 6.71. The Morgan fingerprint density at radius 2 is 1.86 bits per heavy atom. The lowest BCUT2D eigenvalue weighted by Crippen LogP contribution is -2.27. The van der Waals surface area contributed by atoms with Crippen LogP contribution in [0.15, 0.2) is 47.4 Å². The quantitative estimate of drug-likeness (QED) is 0.511. The van der Waals surface area contributed by atoms with Crippen LogP contribution in [0, 0.1) is 10.1 Å². The summed E-state index contributed by atoms with van der Waals surface area (Å²) >= 11 is 0. The molecule has 0 spiro atoms. The van der Waals surface area contributed by atoms with Crippen LogP contribution in [-0.2, 0) is 14.8 Å². The van der Waals surface area contributed by atoms with Crippen molar-refractivity contribution in [1.82, 2.24) is 4.72 Å². The molecular weight excluding hydrogens is 386 g/mol. The van der Waals surface area contributed by atoms with Crippen molar-refractivity contribution in [2.24, 2.45) is 0 Å². The van der Waals surface area contributed by atoms with E-state index in [-0.39, 0.29) is 11.7 Å². The normalized spacial score (nSPS) is 12.2. The van der Waals surface area contributed by atoms with Crippen LogP contribution in [-0.4, -0.2) is 26.4 Å². The van der Waals surface area contributed by atoms with Crippen molar-refractivity contribution in [3.8, 4) is 5.75 Å². The third-order valence-corrected chi connectivity index (χ3v) is 5.59. The van der Waals surface area contributed by atoms with Crippen molar-refractivity contribution in [3.05, 3.63) is 58.1 Å². The number of benzene rings is 2. The molecule has 2 aromatic rings. The van der Waals surface area contributed by atoms with Crippen molar-refractivity contribution >= 4 is 27.3 Å². The van der Waals surface area contributed by atoms with Crippen LogP contribution in [0.4, 0.5) is 11.4 Å². The van der Waals surface area contributed by atoms with Gasteiger partial charge in [-0.2, -0.15) is 0 Å². The SMILES string of the molecule is CCC(=O)Nc1ccc(C(C)NS(=O)(=O)c2ccc(OC)cc2[N+](=O)[O-])cc1. The molecule has 2 aromatic carbocycles. The highest BCUT2D eigenvalue weighted by atomic mass is 32.2. The summed E-state index contributed by atoms with van der Waals surface area (Å²) in [5.41, 5.74) is 0.655. The maximum absolute atomic E-state index is 12.7. The highest BCUT2D eigenvalue weighted by molar-refractivity contribution is 7.89. The Bertz CT molecular complexity index is 973. The van der Waals surface area contributed by atoms with Gasteiger partial charge in [0.05, 0.1) is 18.1 Å². The van der Waals surface area contributed by atoms with Gasteiger partial charge in [-0.25, -0.2) is 13.1 Å². The molecule has 1 unspecified atom stereocenters. The molecule has 0 aliphatic carbocycles. The predicted octanol–water partition coefficient (Wildman–Crippen LogP) is 2.99. The Balaban J connectivity index is 2.24. The second-order valence-electron chi connectivity index (χ2n) is 5.96. The Labute approximate surface area is 162 Å². The zero-order chi connectivity index (χ0) is 20.9. The molecule has 0 fully saturated rings. The Morgan fingerprint density at radius 3 is 2.39 bits per heavy atom. The van der Waals surface area contributed by atoms with Crippen LogP contribution in [0.2, 0.25) is 0 Å². The van der Waals surface area contributed by atoms with Crippen LogP contribution < -0.4 is 14.8 Å². The number of hydrogen-bond acceptors (Lipinski definition) is 6. The second kappa shape index (κ2) is 8.81. The van der Waals surface area contributed by atoms with Gasteiger partial charge in [-0.3, -0.25) is 14.9 Å². The molecule has 2 N–H and O–H groups in total. The summed E-state index contributed by atoms with van der Waals surface area (Å²) in [7, 11) is -2.82. The van der Waals surface area contributed by atoms with Crippen molar-refractivity contribution in [3.63, 3.8) is 0 Å². The van der Waals surface area contributed by atoms with E-state index in [4.69, 9.17) is 4.74 Å². The number of nitro groups is 1. The summed E-state index contributed by atoms with van der Waals surface area (Å²) in [6, 6.07) is 9.54. The topological polar surface area (TPSA) is 128 Å². The largest absolute Gasteiger partial charge is 0.497 e. The minimum absolute atomic E-state index is 0.131. The fraction of sp³-hybridized carbons (Fsp3) is 0.278. The van der Waals surface area contributed by atoms with Crippen LogP contribution in [0.1, 0.15) is 31.9 Å². The van der Waals surface area contributed by atoms with Gasteiger partial charge in [-0.05, 0) is 36.8 Å². The molecule has 0 bridgehead atoms. The van der Waals surface area contributed by atoms with Gasteiger partial charge in [0.15, 0.2) is 4.90 Å². The summed E-state index contributed by atoms with van der Waals surface area (Å²) in [5.74, 6) is 0.0525. The van der Waals surface area contributed by atoms with E-state index in [1.165, 1.54) is 13.2 Å². The van der Waals surface area contributed by atoms with Crippen LogP contribution in [0.5, 0.6) is 5.75 Å². The lowest BCUT2D eigenvalue weighted by Gasteiger charge is -2.15. The zero-order valence-corrected chi connectivity index (χ0v) is 16.4. The number of nitro benzene ring substituents is 1. The summed E-state index contributed by atoms with van der Waals surface area (Å²) in [6.45, 7) is 3.35. The number of carbonyl (C=O) groups excluding carboxylic acids is 1. The number of amides is 1. The molecule has 1 atom stereocenters. The first-order chi connectivity index (χ1) is 13.2. The molecular formula is C18H21N3O6S. The van der Waals surface area contributed by atoms with E-state index in [1.807, 2.05) is 0 Å². The van der Waals surface area contributed by atoms with Crippen LogP contribution in [0.3, 0.4) is 0 Å². The van der Waals surface area contributed by atoms with Crippen molar-refractivity contribution < 1.29 is 22.9 Å². The standard InChI is InChI=1S/C18H21N3O6S/c1-4-18(22)19-14-7-5-13(6-8-14)12(2)20-28(25,26)17-10-9-15(27-3)11-16(17)21(23)24/h5-12,20H,4H2,1-3H3,(H,19,22). The molecule has 10 heteroatoms. The molecule has 1 amide bonds. The van der Waals surface area contributed by atoms with Gasteiger partial charge in [0.1, 0.15) is 5.75 Å². The molecule has 2 rings (SSSR count). The number of nitrogens with one attached hydrogen (secondary N) is 2. The number of carbonyl (C=O) groups is 1. The summed E-state index contributed by atoms with van der Waals surface area (Å²) in [4.78, 5) is 21.5. The highest BCUT2D eigenvalue weighted by Gasteiger charge is 2.28. The number of nitrogens with zero attached hydrogens (tertiary/aromatic N) is 1. The number of methoxy groups -OCH3 is 1. The monoisotopic (exact) mass is 407 g/mol. The molecule has 150 valence electrons. The predicted molar refractivity (Wildman–Crippen MR) is 104 cm³/mol. The maximum atomic E-state index is 12.7.